The minimum Gasteiger partial charge on any atom is -0.389 e. The van der Waals surface area contributed by atoms with Crippen molar-refractivity contribution in [3.8, 4) is 0 Å². The number of hydrogen-bond acceptors (Lipinski definition) is 2. The molecule has 2 nitrogen and oxygen atoms in total. The Labute approximate surface area is 99.8 Å². The summed E-state index contributed by atoms with van der Waals surface area (Å²) in [5.74, 6) is 0. The minimum atomic E-state index is 0.216. The Balaban J connectivity index is 2.32. The fourth-order valence-electron chi connectivity index (χ4n) is 1.47. The Morgan fingerprint density at radius 2 is 2.20 bits per heavy atom. The van der Waals surface area contributed by atoms with Gasteiger partial charge in [0.25, 0.3) is 0 Å². The zero-order valence-corrected chi connectivity index (χ0v) is 10.1. The predicted molar refractivity (Wildman–Crippen MR) is 68.6 cm³/mol. The van der Waals surface area contributed by atoms with Gasteiger partial charge in [-0.05, 0) is 38.0 Å². The molecular weight excluding hydrogens is 228 g/mol. The fourth-order valence-corrected chi connectivity index (χ4v) is 1.81. The second kappa shape index (κ2) is 3.65. The molecule has 1 saturated carbocycles. The van der Waals surface area contributed by atoms with Gasteiger partial charge in [0, 0.05) is 21.8 Å². The number of anilines is 1. The van der Waals surface area contributed by atoms with Crippen LogP contribution in [0.2, 0.25) is 5.02 Å². The quantitative estimate of drug-likeness (QED) is 0.798. The number of thiocarbonyl (C=S) groups is 1. The van der Waals surface area contributed by atoms with E-state index in [1.54, 1.807) is 6.07 Å². The maximum Gasteiger partial charge on any atom is 0.106 e. The molecule has 2 rings (SSSR count). The monoisotopic (exact) mass is 240 g/mol. The number of nitrogens with one attached hydrogen (secondary N) is 1. The molecule has 0 amide bonds. The Morgan fingerprint density at radius 1 is 1.53 bits per heavy atom. The van der Waals surface area contributed by atoms with Crippen LogP contribution in [0.15, 0.2) is 18.2 Å². The SMILES string of the molecule is CC1(Nc2ccc(Cl)cc2C(N)=S)CC1. The van der Waals surface area contributed by atoms with E-state index in [9.17, 15) is 0 Å². The van der Waals surface area contributed by atoms with Crippen molar-refractivity contribution in [2.75, 3.05) is 5.32 Å². The van der Waals surface area contributed by atoms with Crippen LogP contribution in [-0.2, 0) is 0 Å². The van der Waals surface area contributed by atoms with Crippen molar-refractivity contribution in [3.05, 3.63) is 28.8 Å². The number of rotatable bonds is 3. The summed E-state index contributed by atoms with van der Waals surface area (Å²) in [4.78, 5) is 0.379. The number of halogens is 1. The first-order valence-electron chi connectivity index (χ1n) is 4.88. The summed E-state index contributed by atoms with van der Waals surface area (Å²) in [5, 5.41) is 4.10. The van der Waals surface area contributed by atoms with Crippen LogP contribution in [0.4, 0.5) is 5.69 Å². The molecule has 0 aliphatic heterocycles. The highest BCUT2D eigenvalue weighted by Crippen LogP contribution is 2.39. The van der Waals surface area contributed by atoms with Gasteiger partial charge >= 0.3 is 0 Å². The second-order valence-corrected chi connectivity index (χ2v) is 5.12. The Kier molecular flexibility index (Phi) is 2.61. The number of benzene rings is 1. The standard InChI is InChI=1S/C11H13ClN2S/c1-11(4-5-11)14-9-3-2-7(12)6-8(9)10(13)15/h2-3,6,14H,4-5H2,1H3,(H2,13,15). The molecule has 1 aromatic rings. The van der Waals surface area contributed by atoms with E-state index in [1.807, 2.05) is 12.1 Å². The van der Waals surface area contributed by atoms with E-state index in [-0.39, 0.29) is 5.54 Å². The van der Waals surface area contributed by atoms with Crippen molar-refractivity contribution in [3.63, 3.8) is 0 Å². The molecule has 0 unspecified atom stereocenters. The van der Waals surface area contributed by atoms with Crippen molar-refractivity contribution in [1.29, 1.82) is 0 Å². The molecule has 4 heteroatoms. The van der Waals surface area contributed by atoms with E-state index < -0.39 is 0 Å². The summed E-state index contributed by atoms with van der Waals surface area (Å²) in [7, 11) is 0. The van der Waals surface area contributed by atoms with Crippen molar-refractivity contribution >= 4 is 34.5 Å². The third-order valence-electron chi connectivity index (χ3n) is 2.68. The van der Waals surface area contributed by atoms with Crippen LogP contribution in [0.1, 0.15) is 25.3 Å². The van der Waals surface area contributed by atoms with Crippen LogP contribution in [-0.4, -0.2) is 10.5 Å². The van der Waals surface area contributed by atoms with Crippen LogP contribution in [0.25, 0.3) is 0 Å². The maximum absolute atomic E-state index is 5.90. The smallest absolute Gasteiger partial charge is 0.106 e. The molecule has 0 aromatic heterocycles. The minimum absolute atomic E-state index is 0.216. The molecule has 15 heavy (non-hydrogen) atoms. The van der Waals surface area contributed by atoms with Gasteiger partial charge in [-0.2, -0.15) is 0 Å². The van der Waals surface area contributed by atoms with Crippen molar-refractivity contribution in [2.45, 2.75) is 25.3 Å². The summed E-state index contributed by atoms with van der Waals surface area (Å²) in [5.41, 5.74) is 7.67. The second-order valence-electron chi connectivity index (χ2n) is 4.24. The van der Waals surface area contributed by atoms with Gasteiger partial charge in [0.15, 0.2) is 0 Å². The molecule has 1 aliphatic carbocycles. The van der Waals surface area contributed by atoms with Gasteiger partial charge in [-0.25, -0.2) is 0 Å². The molecule has 0 spiro atoms. The zero-order chi connectivity index (χ0) is 11.1. The van der Waals surface area contributed by atoms with Gasteiger partial charge < -0.3 is 11.1 Å². The van der Waals surface area contributed by atoms with Gasteiger partial charge in [0.2, 0.25) is 0 Å². The topological polar surface area (TPSA) is 38.0 Å². The first-order valence-corrected chi connectivity index (χ1v) is 5.66. The third-order valence-corrected chi connectivity index (χ3v) is 3.14. The lowest BCUT2D eigenvalue weighted by Crippen LogP contribution is -2.20. The maximum atomic E-state index is 5.90. The van der Waals surface area contributed by atoms with E-state index in [2.05, 4.69) is 12.2 Å². The molecule has 0 atom stereocenters. The van der Waals surface area contributed by atoms with Gasteiger partial charge in [0.05, 0.1) is 0 Å². The molecule has 3 N–H and O–H groups in total. The van der Waals surface area contributed by atoms with E-state index in [4.69, 9.17) is 29.6 Å². The molecule has 0 bridgehead atoms. The van der Waals surface area contributed by atoms with Gasteiger partial charge in [-0.1, -0.05) is 23.8 Å². The van der Waals surface area contributed by atoms with Crippen molar-refractivity contribution < 1.29 is 0 Å². The first-order chi connectivity index (χ1) is 7.00. The van der Waals surface area contributed by atoms with E-state index in [0.29, 0.717) is 10.0 Å². The van der Waals surface area contributed by atoms with Gasteiger partial charge in [-0.15, -0.1) is 0 Å². The summed E-state index contributed by atoms with van der Waals surface area (Å²) < 4.78 is 0. The fraction of sp³-hybridized carbons (Fsp3) is 0.364. The molecule has 0 saturated heterocycles. The van der Waals surface area contributed by atoms with Crippen molar-refractivity contribution in [2.24, 2.45) is 5.73 Å². The highest BCUT2D eigenvalue weighted by Gasteiger charge is 2.37. The zero-order valence-electron chi connectivity index (χ0n) is 8.51. The van der Waals surface area contributed by atoms with Crippen LogP contribution in [0, 0.1) is 0 Å². The molecule has 1 fully saturated rings. The number of nitrogens with two attached hydrogens (primary N) is 1. The molecular formula is C11H13ClN2S. The van der Waals surface area contributed by atoms with Crippen LogP contribution in [0.3, 0.4) is 0 Å². The normalized spacial score (nSPS) is 17.2. The highest BCUT2D eigenvalue weighted by atomic mass is 35.5. The summed E-state index contributed by atoms with van der Waals surface area (Å²) in [6.45, 7) is 2.19. The Bertz CT molecular complexity index is 413. The van der Waals surface area contributed by atoms with E-state index in [0.717, 1.165) is 11.3 Å². The lowest BCUT2D eigenvalue weighted by Gasteiger charge is -2.16. The highest BCUT2D eigenvalue weighted by molar-refractivity contribution is 7.80. The summed E-state index contributed by atoms with van der Waals surface area (Å²) in [6.07, 6.45) is 2.37. The average Bonchev–Trinajstić information content (AvgIpc) is 2.87. The lowest BCUT2D eigenvalue weighted by atomic mass is 10.1. The molecule has 0 radical (unpaired) electrons. The van der Waals surface area contributed by atoms with E-state index >= 15 is 0 Å². The van der Waals surface area contributed by atoms with Crippen molar-refractivity contribution in [1.82, 2.24) is 0 Å². The predicted octanol–water partition coefficient (Wildman–Crippen LogP) is 2.94. The molecule has 0 heterocycles. The van der Waals surface area contributed by atoms with Crippen LogP contribution >= 0.6 is 23.8 Å². The summed E-state index contributed by atoms with van der Waals surface area (Å²) >= 11 is 10.9. The first kappa shape index (κ1) is 10.7. The van der Waals surface area contributed by atoms with E-state index in [1.165, 1.54) is 12.8 Å². The third kappa shape index (κ3) is 2.41. The summed E-state index contributed by atoms with van der Waals surface area (Å²) in [6, 6.07) is 5.58. The Morgan fingerprint density at radius 3 is 2.73 bits per heavy atom. The van der Waals surface area contributed by atoms with Gasteiger partial charge in [-0.3, -0.25) is 0 Å². The Hall–Kier alpha value is -0.800. The average molecular weight is 241 g/mol. The van der Waals surface area contributed by atoms with Gasteiger partial charge in [0.1, 0.15) is 4.99 Å². The number of hydrogen-bond donors (Lipinski definition) is 2. The van der Waals surface area contributed by atoms with Crippen LogP contribution in [0.5, 0.6) is 0 Å². The lowest BCUT2D eigenvalue weighted by molar-refractivity contribution is 0.829. The largest absolute Gasteiger partial charge is 0.389 e. The molecule has 1 aliphatic rings. The van der Waals surface area contributed by atoms with Crippen LogP contribution < -0.4 is 11.1 Å². The molecule has 80 valence electrons. The molecule has 1 aromatic carbocycles.